The fourth-order valence-electron chi connectivity index (χ4n) is 6.33. The highest BCUT2D eigenvalue weighted by molar-refractivity contribution is 5.71. The number of unbranched alkanes of at least 4 members (excludes halogenated alkanes) is 17. The van der Waals surface area contributed by atoms with E-state index in [2.05, 4.69) is 106 Å². The summed E-state index contributed by atoms with van der Waals surface area (Å²) in [7, 11) is 0. The second-order valence-corrected chi connectivity index (χ2v) is 15.6. The standard InChI is InChI=1S/C53H88O6/c1-4-7-10-13-15-17-19-21-23-25-26-28-29-31-33-35-37-40-43-46-52(55)58-49-50(48-57-51(54)45-42-39-12-9-6-3)59-53(56)47-44-41-38-36-34-32-30-27-24-22-20-18-16-14-11-8-5-2/h7-8,10-11,15-18,21-24,26,28,50H,4-6,9,12-14,19-20,25,27,29-49H2,1-3H3/b10-7-,11-8-,17-15-,18-16-,23-21-,24-22-,28-26-. The Morgan fingerprint density at radius 2 is 0.661 bits per heavy atom. The molecular weight excluding hydrogens is 733 g/mol. The van der Waals surface area contributed by atoms with Gasteiger partial charge in [-0.3, -0.25) is 14.4 Å². The maximum Gasteiger partial charge on any atom is 0.306 e. The number of carbonyl (C=O) groups is 3. The Balaban J connectivity index is 4.25. The zero-order valence-electron chi connectivity index (χ0n) is 38.2. The molecular formula is C53H88O6. The molecule has 0 heterocycles. The van der Waals surface area contributed by atoms with E-state index in [1.54, 1.807) is 0 Å². The molecule has 0 radical (unpaired) electrons. The molecule has 1 unspecified atom stereocenters. The molecule has 0 spiro atoms. The normalized spacial score (nSPS) is 12.8. The average molecular weight is 821 g/mol. The van der Waals surface area contributed by atoms with E-state index in [4.69, 9.17) is 14.2 Å². The van der Waals surface area contributed by atoms with E-state index in [9.17, 15) is 14.4 Å². The molecule has 0 rings (SSSR count). The van der Waals surface area contributed by atoms with E-state index in [0.29, 0.717) is 19.3 Å². The minimum Gasteiger partial charge on any atom is -0.462 e. The van der Waals surface area contributed by atoms with Crippen LogP contribution in [0.3, 0.4) is 0 Å². The molecule has 6 nitrogen and oxygen atoms in total. The van der Waals surface area contributed by atoms with Crippen molar-refractivity contribution in [1.82, 2.24) is 0 Å². The van der Waals surface area contributed by atoms with Gasteiger partial charge in [0, 0.05) is 19.3 Å². The van der Waals surface area contributed by atoms with Crippen LogP contribution in [-0.2, 0) is 28.6 Å². The van der Waals surface area contributed by atoms with Gasteiger partial charge in [0.15, 0.2) is 6.10 Å². The third kappa shape index (κ3) is 45.5. The monoisotopic (exact) mass is 821 g/mol. The number of rotatable bonds is 42. The van der Waals surface area contributed by atoms with Gasteiger partial charge in [-0.25, -0.2) is 0 Å². The summed E-state index contributed by atoms with van der Waals surface area (Å²) < 4.78 is 16.6. The molecule has 6 heteroatoms. The molecule has 0 fully saturated rings. The Hall–Kier alpha value is -3.41. The van der Waals surface area contributed by atoms with Gasteiger partial charge in [-0.1, -0.05) is 189 Å². The average Bonchev–Trinajstić information content (AvgIpc) is 3.23. The first kappa shape index (κ1) is 55.6. The summed E-state index contributed by atoms with van der Waals surface area (Å²) in [4.78, 5) is 37.6. The van der Waals surface area contributed by atoms with Crippen molar-refractivity contribution in [1.29, 1.82) is 0 Å². The van der Waals surface area contributed by atoms with Crippen molar-refractivity contribution in [2.24, 2.45) is 0 Å². The summed E-state index contributed by atoms with van der Waals surface area (Å²) in [5.41, 5.74) is 0. The van der Waals surface area contributed by atoms with Crippen LogP contribution in [0.1, 0.15) is 213 Å². The Morgan fingerprint density at radius 1 is 0.356 bits per heavy atom. The molecule has 0 aliphatic heterocycles. The van der Waals surface area contributed by atoms with Crippen LogP contribution >= 0.6 is 0 Å². The molecule has 0 aliphatic rings. The van der Waals surface area contributed by atoms with E-state index in [0.717, 1.165) is 122 Å². The molecule has 336 valence electrons. The maximum absolute atomic E-state index is 12.7. The van der Waals surface area contributed by atoms with Gasteiger partial charge in [0.1, 0.15) is 13.2 Å². The molecule has 0 N–H and O–H groups in total. The Kier molecular flexibility index (Phi) is 44.5. The van der Waals surface area contributed by atoms with Gasteiger partial charge in [-0.05, 0) is 89.9 Å². The SMILES string of the molecule is CC/C=C\C/C=C\C/C=C\C/C=C\CCCCCCCCC(=O)OCC(COC(=O)CCCCCCC)OC(=O)CCCCCCCCC/C=C\C/C=C\C/C=C\CC. The molecule has 0 aromatic rings. The van der Waals surface area contributed by atoms with Crippen molar-refractivity contribution in [2.75, 3.05) is 13.2 Å². The minimum absolute atomic E-state index is 0.0870. The third-order valence-corrected chi connectivity index (χ3v) is 9.90. The van der Waals surface area contributed by atoms with Crippen LogP contribution in [-0.4, -0.2) is 37.2 Å². The summed E-state index contributed by atoms with van der Waals surface area (Å²) >= 11 is 0. The van der Waals surface area contributed by atoms with E-state index >= 15 is 0 Å². The number of hydrogen-bond donors (Lipinski definition) is 0. The highest BCUT2D eigenvalue weighted by Crippen LogP contribution is 2.13. The lowest BCUT2D eigenvalue weighted by atomic mass is 10.1. The fourth-order valence-corrected chi connectivity index (χ4v) is 6.33. The summed E-state index contributed by atoms with van der Waals surface area (Å²) in [6, 6.07) is 0. The van der Waals surface area contributed by atoms with Crippen molar-refractivity contribution < 1.29 is 28.6 Å². The van der Waals surface area contributed by atoms with Gasteiger partial charge in [0.2, 0.25) is 0 Å². The maximum atomic E-state index is 12.7. The molecule has 0 saturated carbocycles. The summed E-state index contributed by atoms with van der Waals surface area (Å²) in [6.45, 7) is 6.30. The molecule has 0 bridgehead atoms. The molecule has 0 aliphatic carbocycles. The van der Waals surface area contributed by atoms with Crippen molar-refractivity contribution >= 4 is 17.9 Å². The summed E-state index contributed by atoms with van der Waals surface area (Å²) in [5, 5.41) is 0. The Bertz CT molecular complexity index is 1170. The summed E-state index contributed by atoms with van der Waals surface area (Å²) in [6.07, 6.45) is 60.2. The number of carbonyl (C=O) groups excluding carboxylic acids is 3. The minimum atomic E-state index is -0.784. The first-order valence-electron chi connectivity index (χ1n) is 24.1. The zero-order chi connectivity index (χ0) is 43.0. The van der Waals surface area contributed by atoms with E-state index < -0.39 is 6.10 Å². The molecule has 1 atom stereocenters. The predicted molar refractivity (Wildman–Crippen MR) is 251 cm³/mol. The lowest BCUT2D eigenvalue weighted by Crippen LogP contribution is -2.30. The quantitative estimate of drug-likeness (QED) is 0.0264. The van der Waals surface area contributed by atoms with Crippen LogP contribution in [0.5, 0.6) is 0 Å². The van der Waals surface area contributed by atoms with E-state index in [1.165, 1.54) is 51.4 Å². The number of allylic oxidation sites excluding steroid dienone is 14. The molecule has 59 heavy (non-hydrogen) atoms. The van der Waals surface area contributed by atoms with Gasteiger partial charge in [-0.15, -0.1) is 0 Å². The Morgan fingerprint density at radius 3 is 1.03 bits per heavy atom. The van der Waals surface area contributed by atoms with Gasteiger partial charge < -0.3 is 14.2 Å². The fraction of sp³-hybridized carbons (Fsp3) is 0.679. The Labute approximate surface area is 363 Å². The van der Waals surface area contributed by atoms with Gasteiger partial charge in [0.25, 0.3) is 0 Å². The van der Waals surface area contributed by atoms with Crippen molar-refractivity contribution in [2.45, 2.75) is 219 Å². The van der Waals surface area contributed by atoms with Crippen molar-refractivity contribution in [3.63, 3.8) is 0 Å². The second kappa shape index (κ2) is 47.3. The number of ether oxygens (including phenoxy) is 3. The number of hydrogen-bond acceptors (Lipinski definition) is 6. The largest absolute Gasteiger partial charge is 0.462 e. The first-order valence-corrected chi connectivity index (χ1v) is 24.1. The lowest BCUT2D eigenvalue weighted by molar-refractivity contribution is -0.167. The van der Waals surface area contributed by atoms with Crippen LogP contribution < -0.4 is 0 Å². The van der Waals surface area contributed by atoms with E-state index in [1.807, 2.05) is 0 Å². The highest BCUT2D eigenvalue weighted by atomic mass is 16.6. The predicted octanol–water partition coefficient (Wildman–Crippen LogP) is 15.6. The topological polar surface area (TPSA) is 78.9 Å². The highest BCUT2D eigenvalue weighted by Gasteiger charge is 2.19. The molecule has 0 saturated heterocycles. The van der Waals surface area contributed by atoms with Gasteiger partial charge >= 0.3 is 17.9 Å². The molecule has 0 aromatic carbocycles. The second-order valence-electron chi connectivity index (χ2n) is 15.6. The van der Waals surface area contributed by atoms with Crippen LogP contribution in [0.4, 0.5) is 0 Å². The molecule has 0 amide bonds. The van der Waals surface area contributed by atoms with Crippen LogP contribution in [0.2, 0.25) is 0 Å². The first-order chi connectivity index (χ1) is 29.0. The van der Waals surface area contributed by atoms with Crippen molar-refractivity contribution in [3.8, 4) is 0 Å². The van der Waals surface area contributed by atoms with Gasteiger partial charge in [0.05, 0.1) is 0 Å². The van der Waals surface area contributed by atoms with Crippen LogP contribution in [0.25, 0.3) is 0 Å². The number of esters is 3. The van der Waals surface area contributed by atoms with E-state index in [-0.39, 0.29) is 31.1 Å². The summed E-state index contributed by atoms with van der Waals surface area (Å²) in [5.74, 6) is -0.930. The smallest absolute Gasteiger partial charge is 0.306 e. The molecule has 0 aromatic heterocycles. The van der Waals surface area contributed by atoms with Crippen molar-refractivity contribution in [3.05, 3.63) is 85.1 Å². The third-order valence-electron chi connectivity index (χ3n) is 9.90. The zero-order valence-corrected chi connectivity index (χ0v) is 38.2. The van der Waals surface area contributed by atoms with Crippen LogP contribution in [0, 0.1) is 0 Å². The van der Waals surface area contributed by atoms with Crippen LogP contribution in [0.15, 0.2) is 85.1 Å². The van der Waals surface area contributed by atoms with Gasteiger partial charge in [-0.2, -0.15) is 0 Å². The lowest BCUT2D eigenvalue weighted by Gasteiger charge is -2.18.